The van der Waals surface area contributed by atoms with Crippen LogP contribution in [0.15, 0.2) is 54.6 Å². The molecule has 3 N–H and O–H groups in total. The fraction of sp³-hybridized carbons (Fsp3) is 0.333. The van der Waals surface area contributed by atoms with Gasteiger partial charge in [0.05, 0.1) is 0 Å². The van der Waals surface area contributed by atoms with Crippen LogP contribution in [0.4, 0.5) is 0 Å². The molecule has 2 aromatic carbocycles. The maximum absolute atomic E-state index is 10.6. The molecule has 0 aliphatic heterocycles. The van der Waals surface area contributed by atoms with Gasteiger partial charge in [-0.3, -0.25) is 0 Å². The molecule has 0 saturated heterocycles. The summed E-state index contributed by atoms with van der Waals surface area (Å²) in [5.41, 5.74) is 6.88. The molecule has 0 radical (unpaired) electrons. The summed E-state index contributed by atoms with van der Waals surface area (Å²) in [4.78, 5) is 0. The van der Waals surface area contributed by atoms with Gasteiger partial charge < -0.3 is 15.6 Å². The van der Waals surface area contributed by atoms with Gasteiger partial charge in [-0.15, -0.1) is 0 Å². The molecule has 1 unspecified atom stereocenters. The molecule has 3 nitrogen and oxygen atoms in total. The maximum atomic E-state index is 10.6. The largest absolute Gasteiger partial charge is 0.490 e. The van der Waals surface area contributed by atoms with Crippen molar-refractivity contribution >= 4 is 0 Å². The van der Waals surface area contributed by atoms with E-state index in [0.717, 1.165) is 23.3 Å². The third-order valence-corrected chi connectivity index (χ3v) is 3.66. The minimum atomic E-state index is -1.04. The van der Waals surface area contributed by atoms with Gasteiger partial charge in [0.25, 0.3) is 0 Å². The Bertz CT molecular complexity index is 566. The zero-order chi connectivity index (χ0) is 15.3. The second-order valence-corrected chi connectivity index (χ2v) is 5.48. The Morgan fingerprint density at radius 3 is 2.38 bits per heavy atom. The summed E-state index contributed by atoms with van der Waals surface area (Å²) in [6.07, 6.45) is 0.843. The van der Waals surface area contributed by atoms with E-state index in [9.17, 15) is 5.11 Å². The summed E-state index contributed by atoms with van der Waals surface area (Å²) in [5.74, 6) is 0.739. The van der Waals surface area contributed by atoms with E-state index in [-0.39, 0.29) is 12.6 Å². The normalized spacial score (nSPS) is 15.2. The third-order valence-electron chi connectivity index (χ3n) is 3.66. The van der Waals surface area contributed by atoms with Crippen LogP contribution >= 0.6 is 0 Å². The van der Waals surface area contributed by atoms with Crippen molar-refractivity contribution in [3.63, 3.8) is 0 Å². The second kappa shape index (κ2) is 6.74. The van der Waals surface area contributed by atoms with Crippen molar-refractivity contribution in [1.29, 1.82) is 0 Å². The highest BCUT2D eigenvalue weighted by molar-refractivity contribution is 5.36. The van der Waals surface area contributed by atoms with Crippen LogP contribution in [0.3, 0.4) is 0 Å². The maximum Gasteiger partial charge on any atom is 0.124 e. The predicted octanol–water partition coefficient (Wildman–Crippen LogP) is 3.38. The van der Waals surface area contributed by atoms with Crippen molar-refractivity contribution in [3.8, 4) is 5.75 Å². The summed E-state index contributed by atoms with van der Waals surface area (Å²) in [7, 11) is 0. The van der Waals surface area contributed by atoms with E-state index < -0.39 is 5.60 Å². The minimum Gasteiger partial charge on any atom is -0.490 e. The molecule has 0 aliphatic carbocycles. The molecule has 2 atom stereocenters. The molecule has 0 bridgehead atoms. The first-order valence-electron chi connectivity index (χ1n) is 7.30. The molecule has 2 rings (SSSR count). The van der Waals surface area contributed by atoms with Crippen LogP contribution in [0.1, 0.15) is 37.4 Å². The smallest absolute Gasteiger partial charge is 0.124 e. The molecular weight excluding hydrogens is 262 g/mol. The lowest BCUT2D eigenvalue weighted by Crippen LogP contribution is -2.29. The van der Waals surface area contributed by atoms with E-state index in [4.69, 9.17) is 10.5 Å². The van der Waals surface area contributed by atoms with Crippen molar-refractivity contribution in [2.75, 3.05) is 6.61 Å². The van der Waals surface area contributed by atoms with Crippen molar-refractivity contribution < 1.29 is 9.84 Å². The third kappa shape index (κ3) is 3.84. The topological polar surface area (TPSA) is 55.5 Å². The zero-order valence-electron chi connectivity index (χ0n) is 12.6. The average Bonchev–Trinajstić information content (AvgIpc) is 2.53. The fourth-order valence-corrected chi connectivity index (χ4v) is 2.24. The molecule has 0 amide bonds. The lowest BCUT2D eigenvalue weighted by Gasteiger charge is -2.25. The van der Waals surface area contributed by atoms with Gasteiger partial charge in [-0.25, -0.2) is 0 Å². The van der Waals surface area contributed by atoms with E-state index in [2.05, 4.69) is 0 Å². The fourth-order valence-electron chi connectivity index (χ4n) is 2.24. The number of para-hydroxylation sites is 1. The molecule has 0 spiro atoms. The van der Waals surface area contributed by atoms with Crippen LogP contribution < -0.4 is 10.5 Å². The molecule has 0 fully saturated rings. The van der Waals surface area contributed by atoms with Gasteiger partial charge in [0.2, 0.25) is 0 Å². The van der Waals surface area contributed by atoms with Gasteiger partial charge in [0.1, 0.15) is 18.0 Å². The van der Waals surface area contributed by atoms with Crippen molar-refractivity contribution in [2.45, 2.75) is 31.9 Å². The summed E-state index contributed by atoms with van der Waals surface area (Å²) in [6, 6.07) is 17.2. The van der Waals surface area contributed by atoms with Crippen molar-refractivity contribution in [2.24, 2.45) is 5.73 Å². The van der Waals surface area contributed by atoms with Crippen molar-refractivity contribution in [1.82, 2.24) is 0 Å². The highest BCUT2D eigenvalue weighted by Crippen LogP contribution is 2.28. The van der Waals surface area contributed by atoms with Crippen LogP contribution in [0, 0.1) is 0 Å². The van der Waals surface area contributed by atoms with E-state index in [1.807, 2.05) is 61.5 Å². The van der Waals surface area contributed by atoms with Gasteiger partial charge >= 0.3 is 0 Å². The highest BCUT2D eigenvalue weighted by atomic mass is 16.5. The van der Waals surface area contributed by atoms with Gasteiger partial charge in [-0.05, 0) is 25.0 Å². The number of nitrogens with two attached hydrogens (primary N) is 1. The van der Waals surface area contributed by atoms with Gasteiger partial charge in [0.15, 0.2) is 0 Å². The molecule has 21 heavy (non-hydrogen) atoms. The lowest BCUT2D eigenvalue weighted by molar-refractivity contribution is 0.00719. The molecule has 0 aromatic heterocycles. The molecule has 3 heteroatoms. The monoisotopic (exact) mass is 285 g/mol. The molecule has 0 aliphatic rings. The standard InChI is InChI=1S/C18H23NO2/c1-3-16(19)15-11-7-8-12-17(15)21-13-18(2,20)14-9-5-4-6-10-14/h4-12,16,20H,3,13,19H2,1-2H3/t16-,18?/m0/s1. The Hall–Kier alpha value is -1.84. The van der Waals surface area contributed by atoms with Crippen LogP contribution in [0.2, 0.25) is 0 Å². The Kier molecular flexibility index (Phi) is 4.99. The Morgan fingerprint density at radius 2 is 1.71 bits per heavy atom. The van der Waals surface area contributed by atoms with E-state index in [1.165, 1.54) is 0 Å². The van der Waals surface area contributed by atoms with E-state index in [0.29, 0.717) is 0 Å². The van der Waals surface area contributed by atoms with Crippen LogP contribution in [0.5, 0.6) is 5.75 Å². The Morgan fingerprint density at radius 1 is 1.10 bits per heavy atom. The lowest BCUT2D eigenvalue weighted by atomic mass is 9.97. The minimum absolute atomic E-state index is 0.0529. The summed E-state index contributed by atoms with van der Waals surface area (Å²) >= 11 is 0. The Balaban J connectivity index is 2.13. The number of aliphatic hydroxyl groups is 1. The molecule has 0 heterocycles. The molecule has 2 aromatic rings. The first-order chi connectivity index (χ1) is 10.0. The number of hydrogen-bond acceptors (Lipinski definition) is 3. The SMILES string of the molecule is CC[C@H](N)c1ccccc1OCC(C)(O)c1ccccc1. The van der Waals surface area contributed by atoms with Crippen LogP contribution in [-0.2, 0) is 5.60 Å². The average molecular weight is 285 g/mol. The second-order valence-electron chi connectivity index (χ2n) is 5.48. The number of benzene rings is 2. The molecule has 112 valence electrons. The van der Waals surface area contributed by atoms with Crippen molar-refractivity contribution in [3.05, 3.63) is 65.7 Å². The van der Waals surface area contributed by atoms with Gasteiger partial charge in [-0.2, -0.15) is 0 Å². The number of ether oxygens (including phenoxy) is 1. The van der Waals surface area contributed by atoms with E-state index >= 15 is 0 Å². The quantitative estimate of drug-likeness (QED) is 0.855. The summed E-state index contributed by atoms with van der Waals surface area (Å²) in [6.45, 7) is 3.98. The number of hydrogen-bond donors (Lipinski definition) is 2. The predicted molar refractivity (Wildman–Crippen MR) is 85.2 cm³/mol. The number of rotatable bonds is 6. The van der Waals surface area contributed by atoms with Crippen LogP contribution in [-0.4, -0.2) is 11.7 Å². The van der Waals surface area contributed by atoms with E-state index in [1.54, 1.807) is 6.92 Å². The first-order valence-corrected chi connectivity index (χ1v) is 7.30. The first kappa shape index (κ1) is 15.5. The van der Waals surface area contributed by atoms with Gasteiger partial charge in [-0.1, -0.05) is 55.5 Å². The zero-order valence-corrected chi connectivity index (χ0v) is 12.6. The Labute approximate surface area is 126 Å². The summed E-state index contributed by atoms with van der Waals surface area (Å²) < 4.78 is 5.85. The summed E-state index contributed by atoms with van der Waals surface area (Å²) in [5, 5.41) is 10.6. The molecular formula is C18H23NO2. The highest BCUT2D eigenvalue weighted by Gasteiger charge is 2.24. The van der Waals surface area contributed by atoms with Gasteiger partial charge in [0, 0.05) is 11.6 Å². The molecule has 0 saturated carbocycles. The van der Waals surface area contributed by atoms with Crippen LogP contribution in [0.25, 0.3) is 0 Å².